The van der Waals surface area contributed by atoms with Gasteiger partial charge in [-0.15, -0.1) is 0 Å². The highest BCUT2D eigenvalue weighted by atomic mass is 79.9. The van der Waals surface area contributed by atoms with E-state index in [2.05, 4.69) is 42.5 Å². The van der Waals surface area contributed by atoms with Gasteiger partial charge in [-0.05, 0) is 98.1 Å². The Morgan fingerprint density at radius 1 is 1.00 bits per heavy atom. The Bertz CT molecular complexity index is 1490. The molecule has 1 saturated heterocycles. The number of benzene rings is 3. The first kappa shape index (κ1) is 27.8. The van der Waals surface area contributed by atoms with E-state index in [9.17, 15) is 23.6 Å². The molecule has 1 aliphatic heterocycles. The molecule has 2 N–H and O–H groups in total. The number of ether oxygens (including phenoxy) is 1. The second-order valence-electron chi connectivity index (χ2n) is 7.71. The van der Waals surface area contributed by atoms with Crippen LogP contribution in [0.1, 0.15) is 5.56 Å². The lowest BCUT2D eigenvalue weighted by Gasteiger charge is -2.26. The lowest BCUT2D eigenvalue weighted by molar-refractivity contribution is -0.122. The summed E-state index contributed by atoms with van der Waals surface area (Å²) >= 11 is 18.5. The molecule has 0 radical (unpaired) electrons. The fraction of sp³-hybridized carbons (Fsp3) is 0.0400. The summed E-state index contributed by atoms with van der Waals surface area (Å²) in [5.41, 5.74) is 0.625. The Kier molecular flexibility index (Phi) is 8.51. The van der Waals surface area contributed by atoms with Crippen LogP contribution >= 0.6 is 55.1 Å². The van der Waals surface area contributed by atoms with E-state index < -0.39 is 29.6 Å². The van der Waals surface area contributed by atoms with Crippen LogP contribution in [0.3, 0.4) is 0 Å². The Morgan fingerprint density at radius 2 is 1.66 bits per heavy atom. The van der Waals surface area contributed by atoms with Gasteiger partial charge in [0.2, 0.25) is 0 Å². The molecule has 1 aliphatic rings. The number of halogens is 5. The van der Waals surface area contributed by atoms with Crippen molar-refractivity contribution in [3.8, 4) is 5.75 Å². The molecule has 5 amide bonds. The van der Waals surface area contributed by atoms with Gasteiger partial charge < -0.3 is 10.1 Å². The molecule has 1 heterocycles. The van der Waals surface area contributed by atoms with Crippen molar-refractivity contribution in [2.45, 2.75) is 0 Å². The van der Waals surface area contributed by atoms with E-state index in [1.807, 2.05) is 0 Å². The fourth-order valence-corrected chi connectivity index (χ4v) is 5.11. The number of carbonyl (C=O) groups is 4. The molecular formula is C25H14Br2Cl2FN3O5. The van der Waals surface area contributed by atoms with E-state index in [-0.39, 0.29) is 22.9 Å². The number of anilines is 2. The minimum atomic E-state index is -0.950. The first-order valence-corrected chi connectivity index (χ1v) is 12.9. The SMILES string of the molecule is O=C(COc1c(Br)cc(/C=C2\C(=O)NC(=O)N(c3ccc(F)cc3)C2=O)cc1Br)Nc1ccc(Cl)c(Cl)c1. The van der Waals surface area contributed by atoms with Crippen LogP contribution in [-0.4, -0.2) is 30.4 Å². The molecule has 4 rings (SSSR count). The van der Waals surface area contributed by atoms with E-state index in [1.165, 1.54) is 24.3 Å². The summed E-state index contributed by atoms with van der Waals surface area (Å²) in [6.07, 6.45) is 1.29. The van der Waals surface area contributed by atoms with Gasteiger partial charge in [-0.2, -0.15) is 0 Å². The zero-order valence-electron chi connectivity index (χ0n) is 18.9. The summed E-state index contributed by atoms with van der Waals surface area (Å²) in [4.78, 5) is 50.8. The number of urea groups is 1. The molecular weight excluding hydrogens is 672 g/mol. The number of rotatable bonds is 6. The summed E-state index contributed by atoms with van der Waals surface area (Å²) < 4.78 is 19.7. The van der Waals surface area contributed by atoms with Crippen molar-refractivity contribution < 1.29 is 28.3 Å². The van der Waals surface area contributed by atoms with Crippen LogP contribution in [0.5, 0.6) is 5.75 Å². The Labute approximate surface area is 242 Å². The monoisotopic (exact) mass is 683 g/mol. The van der Waals surface area contributed by atoms with Crippen molar-refractivity contribution in [2.75, 3.05) is 16.8 Å². The average Bonchev–Trinajstić information content (AvgIpc) is 2.84. The average molecular weight is 686 g/mol. The highest BCUT2D eigenvalue weighted by Gasteiger charge is 2.36. The van der Waals surface area contributed by atoms with Crippen molar-refractivity contribution in [1.29, 1.82) is 0 Å². The van der Waals surface area contributed by atoms with Gasteiger partial charge in [0.15, 0.2) is 6.61 Å². The van der Waals surface area contributed by atoms with E-state index >= 15 is 0 Å². The number of barbiturate groups is 1. The molecule has 0 spiro atoms. The van der Waals surface area contributed by atoms with Crippen LogP contribution in [0.25, 0.3) is 6.08 Å². The van der Waals surface area contributed by atoms with Crippen LogP contribution in [0.15, 0.2) is 69.1 Å². The smallest absolute Gasteiger partial charge is 0.335 e. The highest BCUT2D eigenvalue weighted by Crippen LogP contribution is 2.36. The predicted octanol–water partition coefficient (Wildman–Crippen LogP) is 6.34. The van der Waals surface area contributed by atoms with Crippen molar-refractivity contribution in [1.82, 2.24) is 5.32 Å². The van der Waals surface area contributed by atoms with Crippen LogP contribution in [-0.2, 0) is 14.4 Å². The van der Waals surface area contributed by atoms with Gasteiger partial charge in [0.05, 0.1) is 24.7 Å². The number of hydrogen-bond acceptors (Lipinski definition) is 5. The first-order valence-electron chi connectivity index (χ1n) is 10.6. The van der Waals surface area contributed by atoms with Crippen molar-refractivity contribution in [2.24, 2.45) is 0 Å². The van der Waals surface area contributed by atoms with Gasteiger partial charge in [-0.1, -0.05) is 23.2 Å². The second kappa shape index (κ2) is 11.6. The lowest BCUT2D eigenvalue weighted by atomic mass is 10.1. The summed E-state index contributed by atoms with van der Waals surface area (Å²) in [6.45, 7) is -0.340. The van der Waals surface area contributed by atoms with Gasteiger partial charge in [-0.25, -0.2) is 14.1 Å². The summed E-state index contributed by atoms with van der Waals surface area (Å²) in [6, 6.07) is 11.5. The van der Waals surface area contributed by atoms with Crippen LogP contribution in [0.2, 0.25) is 10.0 Å². The lowest BCUT2D eigenvalue weighted by Crippen LogP contribution is -2.54. The number of imide groups is 2. The Balaban J connectivity index is 1.51. The quantitative estimate of drug-likeness (QED) is 0.233. The Hall–Kier alpha value is -3.25. The third kappa shape index (κ3) is 6.24. The summed E-state index contributed by atoms with van der Waals surface area (Å²) in [7, 11) is 0. The van der Waals surface area contributed by atoms with Crippen LogP contribution in [0, 0.1) is 5.82 Å². The number of carbonyl (C=O) groups excluding carboxylic acids is 4. The molecule has 13 heteroatoms. The van der Waals surface area contributed by atoms with Gasteiger partial charge in [0.1, 0.15) is 17.1 Å². The predicted molar refractivity (Wildman–Crippen MR) is 148 cm³/mol. The van der Waals surface area contributed by atoms with Gasteiger partial charge in [-0.3, -0.25) is 19.7 Å². The van der Waals surface area contributed by atoms with Gasteiger partial charge in [0, 0.05) is 5.69 Å². The molecule has 38 heavy (non-hydrogen) atoms. The molecule has 8 nitrogen and oxygen atoms in total. The van der Waals surface area contributed by atoms with Crippen molar-refractivity contribution in [3.63, 3.8) is 0 Å². The summed E-state index contributed by atoms with van der Waals surface area (Å²) in [5.74, 6) is -2.47. The minimum Gasteiger partial charge on any atom is -0.481 e. The number of amides is 5. The molecule has 0 bridgehead atoms. The zero-order valence-corrected chi connectivity index (χ0v) is 23.5. The third-order valence-corrected chi connectivity index (χ3v) is 6.99. The first-order chi connectivity index (χ1) is 18.0. The molecule has 3 aromatic carbocycles. The maximum absolute atomic E-state index is 13.3. The molecule has 0 saturated carbocycles. The molecule has 3 aromatic rings. The standard InChI is InChI=1S/C25H14Br2Cl2FN3O5/c26-17-8-12(7-16-23(35)32-25(37)33(24(16)36)15-4-1-13(30)2-5-15)9-18(27)22(17)38-11-21(34)31-14-3-6-19(28)20(29)10-14/h1-10H,11H2,(H,31,34)(H,32,35,37)/b16-7+. The van der Waals surface area contributed by atoms with E-state index in [0.717, 1.165) is 17.0 Å². The highest BCUT2D eigenvalue weighted by molar-refractivity contribution is 9.11. The van der Waals surface area contributed by atoms with Crippen molar-refractivity contribution >= 4 is 96.3 Å². The number of hydrogen-bond donors (Lipinski definition) is 2. The third-order valence-electron chi connectivity index (χ3n) is 5.07. The van der Waals surface area contributed by atoms with E-state index in [1.54, 1.807) is 24.3 Å². The number of nitrogens with zero attached hydrogens (tertiary/aromatic N) is 1. The van der Waals surface area contributed by atoms with E-state index in [0.29, 0.717) is 31.0 Å². The fourth-order valence-electron chi connectivity index (χ4n) is 3.36. The maximum atomic E-state index is 13.3. The molecule has 0 aliphatic carbocycles. The topological polar surface area (TPSA) is 105 Å². The van der Waals surface area contributed by atoms with E-state index in [4.69, 9.17) is 27.9 Å². The number of nitrogens with one attached hydrogen (secondary N) is 2. The van der Waals surface area contributed by atoms with Crippen LogP contribution < -0.4 is 20.3 Å². The van der Waals surface area contributed by atoms with Gasteiger partial charge in [0.25, 0.3) is 17.7 Å². The second-order valence-corrected chi connectivity index (χ2v) is 10.2. The molecule has 1 fully saturated rings. The van der Waals surface area contributed by atoms with Crippen LogP contribution in [0.4, 0.5) is 20.6 Å². The molecule has 0 aromatic heterocycles. The largest absolute Gasteiger partial charge is 0.481 e. The molecule has 194 valence electrons. The van der Waals surface area contributed by atoms with Crippen molar-refractivity contribution in [3.05, 3.63) is 90.5 Å². The van der Waals surface area contributed by atoms with Gasteiger partial charge >= 0.3 is 6.03 Å². The minimum absolute atomic E-state index is 0.0950. The maximum Gasteiger partial charge on any atom is 0.335 e. The molecule has 0 atom stereocenters. The zero-order chi connectivity index (χ0) is 27.6. The molecule has 0 unspecified atom stereocenters. The Morgan fingerprint density at radius 3 is 2.29 bits per heavy atom. The normalized spacial score (nSPS) is 14.5. The summed E-state index contributed by atoms with van der Waals surface area (Å²) in [5, 5.41) is 5.38.